The molecule has 0 spiro atoms. The number of carbonyl (C=O) groups excluding carboxylic acids is 2. The number of carbonyl (C=O) groups is 2. The lowest BCUT2D eigenvalue weighted by molar-refractivity contribution is -0.120. The van der Waals surface area contributed by atoms with E-state index in [0.717, 1.165) is 5.56 Å². The van der Waals surface area contributed by atoms with Crippen LogP contribution >= 0.6 is 15.9 Å². The first-order chi connectivity index (χ1) is 7.65. The second-order valence-corrected chi connectivity index (χ2v) is 4.06. The van der Waals surface area contributed by atoms with E-state index in [9.17, 15) is 9.59 Å². The van der Waals surface area contributed by atoms with E-state index in [2.05, 4.69) is 21.2 Å². The number of benzene rings is 1. The van der Waals surface area contributed by atoms with Crippen LogP contribution in [0, 0.1) is 0 Å². The van der Waals surface area contributed by atoms with Crippen LogP contribution in [0.2, 0.25) is 0 Å². The van der Waals surface area contributed by atoms with E-state index in [1.54, 1.807) is 0 Å². The molecule has 1 amide bonds. The number of halogens is 1. The van der Waals surface area contributed by atoms with Crippen molar-refractivity contribution in [3.05, 3.63) is 35.9 Å². The first kappa shape index (κ1) is 12.9. The standard InChI is InChI=1S/C12H14BrNO2/c1-9(15)14-8-11(12(16)7-13)10-5-3-2-4-6-10/h2-6,11H,7-8H2,1H3,(H,14,15). The Labute approximate surface area is 103 Å². The molecule has 0 heterocycles. The molecule has 0 radical (unpaired) electrons. The largest absolute Gasteiger partial charge is 0.355 e. The van der Waals surface area contributed by atoms with Gasteiger partial charge in [-0.3, -0.25) is 9.59 Å². The molecule has 1 rings (SSSR count). The van der Waals surface area contributed by atoms with Crippen LogP contribution in [0.5, 0.6) is 0 Å². The van der Waals surface area contributed by atoms with E-state index in [0.29, 0.717) is 11.9 Å². The van der Waals surface area contributed by atoms with Crippen molar-refractivity contribution in [2.75, 3.05) is 11.9 Å². The van der Waals surface area contributed by atoms with Gasteiger partial charge in [-0.15, -0.1) is 0 Å². The van der Waals surface area contributed by atoms with Gasteiger partial charge >= 0.3 is 0 Å². The molecule has 0 saturated heterocycles. The minimum absolute atomic E-state index is 0.0694. The summed E-state index contributed by atoms with van der Waals surface area (Å²) < 4.78 is 0. The molecule has 0 saturated carbocycles. The van der Waals surface area contributed by atoms with Crippen molar-refractivity contribution in [3.8, 4) is 0 Å². The maximum Gasteiger partial charge on any atom is 0.216 e. The molecule has 0 aliphatic carbocycles. The molecule has 1 atom stereocenters. The number of Topliss-reactive ketones (excluding diaryl/α,β-unsaturated/α-hetero) is 1. The summed E-state index contributed by atoms with van der Waals surface area (Å²) in [7, 11) is 0. The van der Waals surface area contributed by atoms with Gasteiger partial charge in [-0.25, -0.2) is 0 Å². The first-order valence-corrected chi connectivity index (χ1v) is 6.15. The summed E-state index contributed by atoms with van der Waals surface area (Å²) in [5.74, 6) is -0.326. The number of rotatable bonds is 5. The zero-order valence-electron chi connectivity index (χ0n) is 9.07. The monoisotopic (exact) mass is 283 g/mol. The predicted molar refractivity (Wildman–Crippen MR) is 66.7 cm³/mol. The molecule has 1 unspecified atom stereocenters. The van der Waals surface area contributed by atoms with Crippen molar-refractivity contribution in [1.29, 1.82) is 0 Å². The Morgan fingerprint density at radius 3 is 2.44 bits per heavy atom. The number of nitrogens with one attached hydrogen (secondary N) is 1. The van der Waals surface area contributed by atoms with E-state index >= 15 is 0 Å². The lowest BCUT2D eigenvalue weighted by atomic mass is 9.95. The van der Waals surface area contributed by atoms with E-state index in [1.807, 2.05) is 30.3 Å². The Hall–Kier alpha value is -1.16. The molecular weight excluding hydrogens is 270 g/mol. The SMILES string of the molecule is CC(=O)NCC(C(=O)CBr)c1ccccc1. The van der Waals surface area contributed by atoms with Crippen LogP contribution in [-0.4, -0.2) is 23.6 Å². The summed E-state index contributed by atoms with van der Waals surface area (Å²) in [6.45, 7) is 1.80. The van der Waals surface area contributed by atoms with Crippen LogP contribution < -0.4 is 5.32 Å². The highest BCUT2D eigenvalue weighted by atomic mass is 79.9. The fourth-order valence-corrected chi connectivity index (χ4v) is 1.83. The van der Waals surface area contributed by atoms with Crippen molar-refractivity contribution >= 4 is 27.6 Å². The summed E-state index contributed by atoms with van der Waals surface area (Å²) in [5, 5.41) is 2.98. The van der Waals surface area contributed by atoms with E-state index in [1.165, 1.54) is 6.92 Å². The maximum atomic E-state index is 11.7. The van der Waals surface area contributed by atoms with Crippen molar-refractivity contribution in [2.45, 2.75) is 12.8 Å². The van der Waals surface area contributed by atoms with Gasteiger partial charge in [-0.2, -0.15) is 0 Å². The molecule has 0 aliphatic rings. The van der Waals surface area contributed by atoms with Crippen LogP contribution in [0.15, 0.2) is 30.3 Å². The highest BCUT2D eigenvalue weighted by molar-refractivity contribution is 9.09. The third kappa shape index (κ3) is 3.77. The first-order valence-electron chi connectivity index (χ1n) is 5.03. The number of alkyl halides is 1. The van der Waals surface area contributed by atoms with Crippen molar-refractivity contribution in [3.63, 3.8) is 0 Å². The Morgan fingerprint density at radius 2 is 1.94 bits per heavy atom. The summed E-state index contributed by atoms with van der Waals surface area (Å²) in [6, 6.07) is 9.47. The van der Waals surface area contributed by atoms with Crippen molar-refractivity contribution in [1.82, 2.24) is 5.32 Å². The third-order valence-corrected chi connectivity index (χ3v) is 2.83. The highest BCUT2D eigenvalue weighted by Gasteiger charge is 2.19. The molecule has 0 aromatic heterocycles. The highest BCUT2D eigenvalue weighted by Crippen LogP contribution is 2.16. The lowest BCUT2D eigenvalue weighted by Crippen LogP contribution is -2.30. The number of ketones is 1. The van der Waals surface area contributed by atoms with E-state index < -0.39 is 0 Å². The van der Waals surface area contributed by atoms with Gasteiger partial charge in [0.15, 0.2) is 5.78 Å². The van der Waals surface area contributed by atoms with Gasteiger partial charge in [0.25, 0.3) is 0 Å². The van der Waals surface area contributed by atoms with Crippen molar-refractivity contribution < 1.29 is 9.59 Å². The van der Waals surface area contributed by atoms with Gasteiger partial charge in [0, 0.05) is 13.5 Å². The molecule has 3 nitrogen and oxygen atoms in total. The van der Waals surface area contributed by atoms with Crippen molar-refractivity contribution in [2.24, 2.45) is 0 Å². The fraction of sp³-hybridized carbons (Fsp3) is 0.333. The van der Waals surface area contributed by atoms with Gasteiger partial charge in [0.05, 0.1) is 11.2 Å². The molecule has 86 valence electrons. The quantitative estimate of drug-likeness (QED) is 0.839. The average molecular weight is 284 g/mol. The van der Waals surface area contributed by atoms with Gasteiger partial charge in [-0.05, 0) is 5.56 Å². The zero-order valence-corrected chi connectivity index (χ0v) is 10.7. The molecule has 0 aliphatic heterocycles. The Kier molecular flexibility index (Phi) is 5.19. The molecule has 0 bridgehead atoms. The Bertz CT molecular complexity index is 365. The second kappa shape index (κ2) is 6.43. The molecule has 1 N–H and O–H groups in total. The zero-order chi connectivity index (χ0) is 12.0. The average Bonchev–Trinajstić information content (AvgIpc) is 2.30. The number of amides is 1. The van der Waals surface area contributed by atoms with Crippen LogP contribution in [0.4, 0.5) is 0 Å². The summed E-state index contributed by atoms with van der Waals surface area (Å²) in [4.78, 5) is 22.6. The van der Waals surface area contributed by atoms with Crippen LogP contribution in [-0.2, 0) is 9.59 Å². The molecule has 0 fully saturated rings. The summed E-state index contributed by atoms with van der Waals surface area (Å²) in [6.07, 6.45) is 0. The van der Waals surface area contributed by atoms with Gasteiger partial charge < -0.3 is 5.32 Å². The van der Waals surface area contributed by atoms with E-state index in [4.69, 9.17) is 0 Å². The third-order valence-electron chi connectivity index (χ3n) is 2.28. The smallest absolute Gasteiger partial charge is 0.216 e. The fourth-order valence-electron chi connectivity index (χ4n) is 1.44. The summed E-state index contributed by atoms with van der Waals surface area (Å²) >= 11 is 3.16. The van der Waals surface area contributed by atoms with E-state index in [-0.39, 0.29) is 17.6 Å². The van der Waals surface area contributed by atoms with Crippen LogP contribution in [0.25, 0.3) is 0 Å². The maximum absolute atomic E-state index is 11.7. The Balaban J connectivity index is 2.79. The second-order valence-electron chi connectivity index (χ2n) is 3.50. The minimum Gasteiger partial charge on any atom is -0.355 e. The molecule has 4 heteroatoms. The normalized spacial score (nSPS) is 11.9. The van der Waals surface area contributed by atoms with Crippen LogP contribution in [0.1, 0.15) is 18.4 Å². The minimum atomic E-state index is -0.274. The topological polar surface area (TPSA) is 46.2 Å². The Morgan fingerprint density at radius 1 is 1.31 bits per heavy atom. The van der Waals surface area contributed by atoms with Gasteiger partial charge in [-0.1, -0.05) is 46.3 Å². The lowest BCUT2D eigenvalue weighted by Gasteiger charge is -2.15. The number of hydrogen-bond acceptors (Lipinski definition) is 2. The predicted octanol–water partition coefficient (Wildman–Crippen LogP) is 1.87. The molecule has 16 heavy (non-hydrogen) atoms. The van der Waals surface area contributed by atoms with Crippen LogP contribution in [0.3, 0.4) is 0 Å². The van der Waals surface area contributed by atoms with Gasteiger partial charge in [0.1, 0.15) is 0 Å². The molecule has 1 aromatic carbocycles. The molecule has 1 aromatic rings. The number of hydrogen-bond donors (Lipinski definition) is 1. The molecular formula is C12H14BrNO2. The van der Waals surface area contributed by atoms with Gasteiger partial charge in [0.2, 0.25) is 5.91 Å². The summed E-state index contributed by atoms with van der Waals surface area (Å²) in [5.41, 5.74) is 0.931.